The highest BCUT2D eigenvalue weighted by atomic mass is 32.2. The van der Waals surface area contributed by atoms with Crippen LogP contribution in [0.15, 0.2) is 90.0 Å². The molecule has 2 amide bonds. The van der Waals surface area contributed by atoms with Crippen LogP contribution < -0.4 is 10.2 Å². The van der Waals surface area contributed by atoms with E-state index in [0.29, 0.717) is 22.8 Å². The third kappa shape index (κ3) is 5.39. The molecule has 0 radical (unpaired) electrons. The average Bonchev–Trinajstić information content (AvgIpc) is 3.46. The Bertz CT molecular complexity index is 1530. The van der Waals surface area contributed by atoms with Gasteiger partial charge in [0.2, 0.25) is 0 Å². The van der Waals surface area contributed by atoms with E-state index < -0.39 is 11.8 Å². The lowest BCUT2D eigenvalue weighted by atomic mass is 10.1. The number of hydrogen-bond donors (Lipinski definition) is 1. The van der Waals surface area contributed by atoms with E-state index in [1.165, 1.54) is 0 Å². The molecule has 7 nitrogen and oxygen atoms in total. The summed E-state index contributed by atoms with van der Waals surface area (Å²) in [7, 11) is 0. The van der Waals surface area contributed by atoms with Gasteiger partial charge in [-0.25, -0.2) is 4.68 Å². The van der Waals surface area contributed by atoms with E-state index in [9.17, 15) is 9.59 Å². The summed E-state index contributed by atoms with van der Waals surface area (Å²) in [5.74, 6) is -0.0365. The lowest BCUT2D eigenvalue weighted by molar-refractivity contribution is -0.123. The van der Waals surface area contributed by atoms with Gasteiger partial charge in [0.05, 0.1) is 22.9 Å². The summed E-state index contributed by atoms with van der Waals surface area (Å²) in [4.78, 5) is 26.4. The summed E-state index contributed by atoms with van der Waals surface area (Å²) in [6, 6.07) is 24.5. The first kappa shape index (κ1) is 25.4. The minimum Gasteiger partial charge on any atom is -0.494 e. The summed E-state index contributed by atoms with van der Waals surface area (Å²) >= 11 is 6.56. The molecule has 1 aliphatic rings. The predicted molar refractivity (Wildman–Crippen MR) is 154 cm³/mol. The molecular weight excluding hydrogens is 516 g/mol. The van der Waals surface area contributed by atoms with Crippen molar-refractivity contribution in [2.45, 2.75) is 13.8 Å². The number of para-hydroxylation sites is 1. The maximum absolute atomic E-state index is 13.3. The number of thiocarbonyl (C=S) groups is 1. The fourth-order valence-corrected chi connectivity index (χ4v) is 5.05. The zero-order chi connectivity index (χ0) is 26.6. The first-order valence-electron chi connectivity index (χ1n) is 12.0. The van der Waals surface area contributed by atoms with Crippen molar-refractivity contribution in [2.75, 3.05) is 6.61 Å². The van der Waals surface area contributed by atoms with Gasteiger partial charge in [-0.1, -0.05) is 47.7 Å². The number of benzene rings is 3. The van der Waals surface area contributed by atoms with E-state index in [1.54, 1.807) is 22.9 Å². The van der Waals surface area contributed by atoms with Crippen LogP contribution in [0, 0.1) is 6.92 Å². The van der Waals surface area contributed by atoms with Gasteiger partial charge in [0.25, 0.3) is 11.8 Å². The zero-order valence-electron chi connectivity index (χ0n) is 20.8. The molecule has 3 aromatic carbocycles. The van der Waals surface area contributed by atoms with Crippen molar-refractivity contribution in [1.29, 1.82) is 0 Å². The Kier molecular flexibility index (Phi) is 7.39. The second-order valence-electron chi connectivity index (χ2n) is 8.49. The Morgan fingerprint density at radius 2 is 1.76 bits per heavy atom. The molecule has 1 fully saturated rings. The number of ether oxygens (including phenoxy) is 1. The van der Waals surface area contributed by atoms with E-state index in [2.05, 4.69) is 5.43 Å². The molecular formula is C29H24N4O3S2. The molecule has 38 heavy (non-hydrogen) atoms. The molecule has 0 unspecified atom stereocenters. The van der Waals surface area contributed by atoms with Crippen molar-refractivity contribution in [3.63, 3.8) is 0 Å². The Labute approximate surface area is 230 Å². The number of carbonyl (C=O) groups is 2. The van der Waals surface area contributed by atoms with Crippen LogP contribution in [0.2, 0.25) is 0 Å². The highest BCUT2D eigenvalue weighted by Gasteiger charge is 2.34. The Morgan fingerprint density at radius 1 is 1.05 bits per heavy atom. The van der Waals surface area contributed by atoms with Gasteiger partial charge in [0.15, 0.2) is 4.32 Å². The molecule has 5 rings (SSSR count). The molecule has 0 spiro atoms. The molecule has 2 heterocycles. The van der Waals surface area contributed by atoms with Gasteiger partial charge in [0, 0.05) is 22.9 Å². The van der Waals surface area contributed by atoms with E-state index in [0.717, 1.165) is 44.9 Å². The van der Waals surface area contributed by atoms with Gasteiger partial charge in [0.1, 0.15) is 5.75 Å². The molecule has 1 N–H and O–H groups in total. The van der Waals surface area contributed by atoms with Crippen LogP contribution in [-0.4, -0.2) is 37.5 Å². The largest absolute Gasteiger partial charge is 0.494 e. The maximum atomic E-state index is 13.3. The molecule has 9 heteroatoms. The molecule has 0 saturated carbocycles. The minimum absolute atomic E-state index is 0.250. The molecule has 1 aliphatic heterocycles. The minimum atomic E-state index is -0.408. The highest BCUT2D eigenvalue weighted by molar-refractivity contribution is 8.26. The molecule has 0 bridgehead atoms. The average molecular weight is 541 g/mol. The molecule has 0 atom stereocenters. The van der Waals surface area contributed by atoms with Crippen molar-refractivity contribution in [1.82, 2.24) is 20.2 Å². The van der Waals surface area contributed by atoms with Crippen molar-refractivity contribution >= 4 is 46.2 Å². The van der Waals surface area contributed by atoms with E-state index >= 15 is 0 Å². The van der Waals surface area contributed by atoms with Gasteiger partial charge >= 0.3 is 0 Å². The van der Waals surface area contributed by atoms with Crippen molar-refractivity contribution in [2.24, 2.45) is 0 Å². The Balaban J connectivity index is 1.46. The maximum Gasteiger partial charge on any atom is 0.285 e. The van der Waals surface area contributed by atoms with Crippen LogP contribution in [0.1, 0.15) is 28.4 Å². The first-order valence-corrected chi connectivity index (χ1v) is 13.2. The third-order valence-electron chi connectivity index (χ3n) is 5.81. The fraction of sp³-hybridized carbons (Fsp3) is 0.103. The Hall–Kier alpha value is -4.21. The van der Waals surface area contributed by atoms with Gasteiger partial charge in [-0.3, -0.25) is 15.0 Å². The second kappa shape index (κ2) is 11.0. The lowest BCUT2D eigenvalue weighted by Crippen LogP contribution is -2.44. The normalized spacial score (nSPS) is 14.3. The van der Waals surface area contributed by atoms with Crippen LogP contribution in [0.25, 0.3) is 23.0 Å². The van der Waals surface area contributed by atoms with Crippen molar-refractivity contribution < 1.29 is 14.3 Å². The number of aromatic nitrogens is 2. The number of nitrogens with zero attached hydrogens (tertiary/aromatic N) is 3. The number of nitrogens with one attached hydrogen (secondary N) is 1. The van der Waals surface area contributed by atoms with Crippen LogP contribution in [-0.2, 0) is 4.79 Å². The molecule has 1 aromatic heterocycles. The van der Waals surface area contributed by atoms with Crippen LogP contribution in [0.5, 0.6) is 5.75 Å². The lowest BCUT2D eigenvalue weighted by Gasteiger charge is -2.15. The van der Waals surface area contributed by atoms with Gasteiger partial charge in [-0.05, 0) is 80.7 Å². The van der Waals surface area contributed by atoms with Crippen LogP contribution in [0.3, 0.4) is 0 Å². The topological polar surface area (TPSA) is 76.5 Å². The van der Waals surface area contributed by atoms with Gasteiger partial charge in [-0.2, -0.15) is 10.1 Å². The SMILES string of the molecule is CCOc1ccc(-c2nn(-c3ccccc3)cc2/C=C2\SC(=S)N(NC(=O)c3ccc(C)cc3)C2=O)cc1. The van der Waals surface area contributed by atoms with Gasteiger partial charge < -0.3 is 4.74 Å². The summed E-state index contributed by atoms with van der Waals surface area (Å²) in [6.07, 6.45) is 3.63. The van der Waals surface area contributed by atoms with Gasteiger partial charge in [-0.15, -0.1) is 0 Å². The number of carbonyl (C=O) groups excluding carboxylic acids is 2. The third-order valence-corrected chi connectivity index (χ3v) is 7.11. The number of thioether (sulfide) groups is 1. The zero-order valence-corrected chi connectivity index (χ0v) is 22.4. The number of rotatable bonds is 7. The smallest absolute Gasteiger partial charge is 0.285 e. The van der Waals surface area contributed by atoms with Crippen molar-refractivity contribution in [3.8, 4) is 22.7 Å². The summed E-state index contributed by atoms with van der Waals surface area (Å²) < 4.78 is 7.60. The monoisotopic (exact) mass is 540 g/mol. The highest BCUT2D eigenvalue weighted by Crippen LogP contribution is 2.34. The summed E-state index contributed by atoms with van der Waals surface area (Å²) in [5, 5.41) is 5.94. The van der Waals surface area contributed by atoms with Crippen LogP contribution >= 0.6 is 24.0 Å². The molecule has 1 saturated heterocycles. The quantitative estimate of drug-likeness (QED) is 0.236. The first-order chi connectivity index (χ1) is 18.4. The molecule has 0 aliphatic carbocycles. The van der Waals surface area contributed by atoms with E-state index in [4.69, 9.17) is 22.1 Å². The number of hydrazine groups is 1. The van der Waals surface area contributed by atoms with Crippen LogP contribution in [0.4, 0.5) is 0 Å². The molecule has 190 valence electrons. The standard InChI is InChI=1S/C29H24N4O3S2/c1-3-36-24-15-13-20(14-16-24)26-22(18-32(30-26)23-7-5-4-6-8-23)17-25-28(35)33(29(37)38-25)31-27(34)21-11-9-19(2)10-12-21/h4-18H,3H2,1-2H3,(H,31,34)/b25-17-. The summed E-state index contributed by atoms with van der Waals surface area (Å²) in [5.41, 5.74) is 7.31. The fourth-order valence-electron chi connectivity index (χ4n) is 3.88. The number of amides is 2. The van der Waals surface area contributed by atoms with E-state index in [-0.39, 0.29) is 4.32 Å². The molecule has 4 aromatic rings. The number of hydrogen-bond acceptors (Lipinski definition) is 6. The number of aryl methyl sites for hydroxylation is 1. The second-order valence-corrected chi connectivity index (χ2v) is 10.2. The summed E-state index contributed by atoms with van der Waals surface area (Å²) in [6.45, 7) is 4.46. The van der Waals surface area contributed by atoms with Crippen molar-refractivity contribution in [3.05, 3.63) is 107 Å². The Morgan fingerprint density at radius 3 is 2.45 bits per heavy atom. The predicted octanol–water partition coefficient (Wildman–Crippen LogP) is 5.79. The van der Waals surface area contributed by atoms with E-state index in [1.807, 2.05) is 86.8 Å².